The van der Waals surface area contributed by atoms with E-state index in [1.54, 1.807) is 33.9 Å². The molecule has 9 heteroatoms. The number of allylic oxidation sites excluding steroid dienone is 1. The Hall–Kier alpha value is -3.33. The highest BCUT2D eigenvalue weighted by atomic mass is 16.3. The van der Waals surface area contributed by atoms with E-state index < -0.39 is 18.0 Å². The minimum atomic E-state index is -0.802. The number of pyridine rings is 1. The van der Waals surface area contributed by atoms with Gasteiger partial charge in [0.2, 0.25) is 11.8 Å². The van der Waals surface area contributed by atoms with Crippen molar-refractivity contribution in [1.29, 1.82) is 0 Å². The van der Waals surface area contributed by atoms with Crippen LogP contribution in [0.25, 0.3) is 6.08 Å². The first kappa shape index (κ1) is 23.4. The molecule has 35 heavy (non-hydrogen) atoms. The molecule has 5 rings (SSSR count). The molecule has 2 amide bonds. The summed E-state index contributed by atoms with van der Waals surface area (Å²) in [6.07, 6.45) is 10.2. The number of amides is 2. The van der Waals surface area contributed by atoms with Crippen LogP contribution in [0.4, 0.5) is 0 Å². The first-order valence-electron chi connectivity index (χ1n) is 12.4. The highest BCUT2D eigenvalue weighted by Gasteiger charge is 2.58. The average molecular weight is 478 g/mol. The number of fused-ring (bicyclic) bond motifs is 3. The first-order chi connectivity index (χ1) is 17.0. The lowest BCUT2D eigenvalue weighted by Crippen LogP contribution is -2.51. The fourth-order valence-corrected chi connectivity index (χ4v) is 6.14. The Morgan fingerprint density at radius 1 is 1.23 bits per heavy atom. The molecular weight excluding hydrogens is 446 g/mol. The van der Waals surface area contributed by atoms with Gasteiger partial charge in [0.05, 0.1) is 18.3 Å². The molecule has 2 N–H and O–H groups in total. The number of aliphatic hydroxyl groups excluding tert-OH is 1. The SMILES string of the molecule is C/C=C/c1ccc2n(c1=O)C[C@H]1[C@H](CO)[C@@H](C(=O)NCc3ccncn3)N(C(=O)C3CCCC3)[C@@H]21. The normalized spacial score (nSPS) is 25.7. The largest absolute Gasteiger partial charge is 0.396 e. The van der Waals surface area contributed by atoms with Crippen LogP contribution < -0.4 is 10.9 Å². The maximum Gasteiger partial charge on any atom is 0.258 e. The van der Waals surface area contributed by atoms with E-state index >= 15 is 0 Å². The predicted octanol–water partition coefficient (Wildman–Crippen LogP) is 1.67. The van der Waals surface area contributed by atoms with E-state index in [4.69, 9.17) is 0 Å². The third-order valence-corrected chi connectivity index (χ3v) is 7.77. The molecule has 2 aromatic heterocycles. The predicted molar refractivity (Wildman–Crippen MR) is 129 cm³/mol. The molecule has 4 heterocycles. The zero-order chi connectivity index (χ0) is 24.5. The van der Waals surface area contributed by atoms with Gasteiger partial charge in [0.15, 0.2) is 0 Å². The lowest BCUT2D eigenvalue weighted by atomic mass is 9.88. The summed E-state index contributed by atoms with van der Waals surface area (Å²) in [5.41, 5.74) is 1.88. The number of aliphatic hydroxyl groups is 1. The van der Waals surface area contributed by atoms with Crippen LogP contribution in [0, 0.1) is 17.8 Å². The molecule has 2 aliphatic heterocycles. The molecule has 1 aliphatic carbocycles. The Balaban J connectivity index is 1.52. The minimum absolute atomic E-state index is 0.0472. The Kier molecular flexibility index (Phi) is 6.51. The van der Waals surface area contributed by atoms with Crippen molar-refractivity contribution in [3.05, 3.63) is 64.1 Å². The maximum atomic E-state index is 13.9. The van der Waals surface area contributed by atoms with Crippen LogP contribution in [0.15, 0.2) is 41.6 Å². The maximum absolute atomic E-state index is 13.9. The van der Waals surface area contributed by atoms with Crippen molar-refractivity contribution in [2.45, 2.75) is 57.8 Å². The van der Waals surface area contributed by atoms with Crippen molar-refractivity contribution in [2.24, 2.45) is 17.8 Å². The van der Waals surface area contributed by atoms with Gasteiger partial charge in [-0.25, -0.2) is 9.97 Å². The van der Waals surface area contributed by atoms with Crippen LogP contribution >= 0.6 is 0 Å². The molecular formula is C26H31N5O4. The summed E-state index contributed by atoms with van der Waals surface area (Å²) in [5, 5.41) is 13.4. The summed E-state index contributed by atoms with van der Waals surface area (Å²) in [7, 11) is 0. The van der Waals surface area contributed by atoms with E-state index in [-0.39, 0.29) is 42.4 Å². The second-order valence-corrected chi connectivity index (χ2v) is 9.67. The van der Waals surface area contributed by atoms with Crippen LogP contribution in [-0.4, -0.2) is 49.0 Å². The summed E-state index contributed by atoms with van der Waals surface area (Å²) < 4.78 is 1.72. The standard InChI is InChI=1S/C26H31N5O4/c1-2-5-16-8-9-21-22-19(13-30(21)25(16)34)20(14-32)23(31(22)26(35)17-6-3-4-7-17)24(33)28-12-18-10-11-27-15-29-18/h2,5,8-11,15,17,19-20,22-23,32H,3-4,6-7,12-14H2,1H3,(H,28,33)/b5-2+/t19-,20-,22+,23-/m0/s1. The molecule has 0 aromatic carbocycles. The first-order valence-corrected chi connectivity index (χ1v) is 12.4. The number of nitrogens with zero attached hydrogens (tertiary/aromatic N) is 4. The van der Waals surface area contributed by atoms with Gasteiger partial charge >= 0.3 is 0 Å². The molecule has 9 nitrogen and oxygen atoms in total. The van der Waals surface area contributed by atoms with Crippen molar-refractivity contribution in [2.75, 3.05) is 6.61 Å². The molecule has 1 saturated carbocycles. The molecule has 184 valence electrons. The third kappa shape index (κ3) is 4.07. The quantitative estimate of drug-likeness (QED) is 0.654. The van der Waals surface area contributed by atoms with Gasteiger partial charge in [-0.2, -0.15) is 0 Å². The van der Waals surface area contributed by atoms with Crippen molar-refractivity contribution >= 4 is 17.9 Å². The van der Waals surface area contributed by atoms with Crippen LogP contribution in [0.5, 0.6) is 0 Å². The van der Waals surface area contributed by atoms with Crippen molar-refractivity contribution in [1.82, 2.24) is 24.8 Å². The lowest BCUT2D eigenvalue weighted by molar-refractivity contribution is -0.145. The molecule has 3 aliphatic rings. The van der Waals surface area contributed by atoms with E-state index in [1.165, 1.54) is 6.33 Å². The number of carbonyl (C=O) groups is 2. The van der Waals surface area contributed by atoms with E-state index in [2.05, 4.69) is 15.3 Å². The van der Waals surface area contributed by atoms with Gasteiger partial charge < -0.3 is 19.9 Å². The number of hydrogen-bond donors (Lipinski definition) is 2. The summed E-state index contributed by atoms with van der Waals surface area (Å²) in [6.45, 7) is 2.20. The zero-order valence-corrected chi connectivity index (χ0v) is 19.8. The Morgan fingerprint density at radius 2 is 2.03 bits per heavy atom. The van der Waals surface area contributed by atoms with Gasteiger partial charge in [-0.1, -0.05) is 25.0 Å². The van der Waals surface area contributed by atoms with Crippen LogP contribution in [0.1, 0.15) is 55.6 Å². The van der Waals surface area contributed by atoms with E-state index in [0.717, 1.165) is 31.4 Å². The number of carbonyl (C=O) groups excluding carboxylic acids is 2. The molecule has 2 aromatic rings. The van der Waals surface area contributed by atoms with Crippen molar-refractivity contribution in [3.63, 3.8) is 0 Å². The van der Waals surface area contributed by atoms with Gasteiger partial charge in [-0.3, -0.25) is 14.4 Å². The van der Waals surface area contributed by atoms with Crippen LogP contribution in [-0.2, 0) is 22.7 Å². The van der Waals surface area contributed by atoms with Gasteiger partial charge in [0.25, 0.3) is 5.56 Å². The second-order valence-electron chi connectivity index (χ2n) is 9.67. The number of aromatic nitrogens is 3. The monoisotopic (exact) mass is 477 g/mol. The topological polar surface area (TPSA) is 117 Å². The molecule has 0 spiro atoms. The highest BCUT2D eigenvalue weighted by Crippen LogP contribution is 2.50. The summed E-state index contributed by atoms with van der Waals surface area (Å²) in [5.74, 6) is -1.17. The van der Waals surface area contributed by atoms with E-state index in [0.29, 0.717) is 17.8 Å². The van der Waals surface area contributed by atoms with Gasteiger partial charge in [-0.05, 0) is 38.0 Å². The molecule has 0 unspecified atom stereocenters. The summed E-state index contributed by atoms with van der Waals surface area (Å²) in [4.78, 5) is 50.3. The van der Waals surface area contributed by atoms with Gasteiger partial charge in [-0.15, -0.1) is 0 Å². The van der Waals surface area contributed by atoms with E-state index in [1.807, 2.05) is 19.1 Å². The fourth-order valence-electron chi connectivity index (χ4n) is 6.14. The number of nitrogens with one attached hydrogen (secondary N) is 1. The Morgan fingerprint density at radius 3 is 2.71 bits per heavy atom. The smallest absolute Gasteiger partial charge is 0.258 e. The number of hydrogen-bond acceptors (Lipinski definition) is 6. The molecule has 1 saturated heterocycles. The highest BCUT2D eigenvalue weighted by molar-refractivity contribution is 5.90. The molecule has 2 fully saturated rings. The van der Waals surface area contributed by atoms with Crippen molar-refractivity contribution < 1.29 is 14.7 Å². The van der Waals surface area contributed by atoms with Gasteiger partial charge in [0, 0.05) is 48.4 Å². The fraction of sp³-hybridized carbons (Fsp3) is 0.500. The molecule has 0 bridgehead atoms. The minimum Gasteiger partial charge on any atom is -0.396 e. The van der Waals surface area contributed by atoms with Crippen LogP contribution in [0.3, 0.4) is 0 Å². The second kappa shape index (κ2) is 9.73. The molecule has 0 radical (unpaired) electrons. The average Bonchev–Trinajstić information content (AvgIpc) is 3.60. The summed E-state index contributed by atoms with van der Waals surface area (Å²) in [6, 6.07) is 4.18. The third-order valence-electron chi connectivity index (χ3n) is 7.77. The van der Waals surface area contributed by atoms with Crippen molar-refractivity contribution in [3.8, 4) is 0 Å². The van der Waals surface area contributed by atoms with Gasteiger partial charge in [0.1, 0.15) is 12.4 Å². The number of likely N-dealkylation sites (tertiary alicyclic amines) is 1. The molecule has 4 atom stereocenters. The lowest BCUT2D eigenvalue weighted by Gasteiger charge is -2.33. The summed E-state index contributed by atoms with van der Waals surface area (Å²) >= 11 is 0. The Bertz CT molecular complexity index is 1190. The van der Waals surface area contributed by atoms with Crippen LogP contribution in [0.2, 0.25) is 0 Å². The zero-order valence-electron chi connectivity index (χ0n) is 19.8. The van der Waals surface area contributed by atoms with E-state index in [9.17, 15) is 19.5 Å². The number of rotatable bonds is 6. The Labute approximate surface area is 203 Å².